The van der Waals surface area contributed by atoms with E-state index in [1.54, 1.807) is 12.3 Å². The van der Waals surface area contributed by atoms with E-state index in [9.17, 15) is 5.11 Å². The number of pyridine rings is 1. The van der Waals surface area contributed by atoms with Crippen LogP contribution in [0.15, 0.2) is 37.1 Å². The van der Waals surface area contributed by atoms with Gasteiger partial charge in [-0.1, -0.05) is 12.1 Å². The number of hydrogen-bond donors (Lipinski definition) is 1. The van der Waals surface area contributed by atoms with Crippen molar-refractivity contribution in [2.45, 2.75) is 18.9 Å². The van der Waals surface area contributed by atoms with Crippen molar-refractivity contribution in [1.29, 1.82) is 0 Å². The van der Waals surface area contributed by atoms with Crippen molar-refractivity contribution >= 4 is 0 Å². The van der Waals surface area contributed by atoms with Gasteiger partial charge in [0.05, 0.1) is 11.8 Å². The Morgan fingerprint density at radius 2 is 2.42 bits per heavy atom. The lowest BCUT2D eigenvalue weighted by molar-refractivity contribution is 0.164. The zero-order valence-electron chi connectivity index (χ0n) is 6.98. The number of aliphatic hydroxyl groups is 1. The fourth-order valence-corrected chi connectivity index (χ4v) is 0.997. The molecular weight excluding hydrogens is 150 g/mol. The predicted molar refractivity (Wildman–Crippen MR) is 48.6 cm³/mol. The fraction of sp³-hybridized carbons (Fsp3) is 0.300. The molecule has 1 N–H and O–H groups in total. The van der Waals surface area contributed by atoms with Crippen molar-refractivity contribution < 1.29 is 5.11 Å². The summed E-state index contributed by atoms with van der Waals surface area (Å²) in [5, 5.41) is 9.54. The minimum Gasteiger partial charge on any atom is -0.387 e. The van der Waals surface area contributed by atoms with Gasteiger partial charge in [-0.15, -0.1) is 6.58 Å². The summed E-state index contributed by atoms with van der Waals surface area (Å²) in [6.07, 6.45) is 4.54. The molecule has 0 spiro atoms. The largest absolute Gasteiger partial charge is 0.387 e. The number of rotatable bonds is 4. The number of aliphatic hydroxyl groups excluding tert-OH is 1. The van der Waals surface area contributed by atoms with Crippen LogP contribution in [0.5, 0.6) is 0 Å². The second-order valence-corrected chi connectivity index (χ2v) is 2.64. The summed E-state index contributed by atoms with van der Waals surface area (Å²) in [6.45, 7) is 3.59. The van der Waals surface area contributed by atoms with Gasteiger partial charge < -0.3 is 5.11 Å². The molecule has 1 rings (SSSR count). The molecule has 0 saturated carbocycles. The molecule has 0 amide bonds. The lowest BCUT2D eigenvalue weighted by Crippen LogP contribution is -1.98. The topological polar surface area (TPSA) is 33.1 Å². The van der Waals surface area contributed by atoms with Gasteiger partial charge in [0, 0.05) is 6.20 Å². The third-order valence-corrected chi connectivity index (χ3v) is 1.67. The van der Waals surface area contributed by atoms with Gasteiger partial charge in [0.2, 0.25) is 0 Å². The molecular formula is C10H13NO. The van der Waals surface area contributed by atoms with E-state index in [1.165, 1.54) is 0 Å². The SMILES string of the molecule is C=CCC[C@@H](O)c1ccccn1. The van der Waals surface area contributed by atoms with Crippen LogP contribution in [0.1, 0.15) is 24.6 Å². The maximum Gasteiger partial charge on any atom is 0.0962 e. The number of nitrogens with zero attached hydrogens (tertiary/aromatic N) is 1. The average Bonchev–Trinajstić information content (AvgIpc) is 2.15. The zero-order chi connectivity index (χ0) is 8.81. The molecule has 0 bridgehead atoms. The highest BCUT2D eigenvalue weighted by molar-refractivity contribution is 5.06. The summed E-state index contributed by atoms with van der Waals surface area (Å²) in [6, 6.07) is 5.54. The van der Waals surface area contributed by atoms with Crippen molar-refractivity contribution in [3.63, 3.8) is 0 Å². The summed E-state index contributed by atoms with van der Waals surface area (Å²) >= 11 is 0. The van der Waals surface area contributed by atoms with Crippen LogP contribution in [0.2, 0.25) is 0 Å². The normalized spacial score (nSPS) is 12.4. The quantitative estimate of drug-likeness (QED) is 0.689. The van der Waals surface area contributed by atoms with Gasteiger partial charge >= 0.3 is 0 Å². The van der Waals surface area contributed by atoms with E-state index in [2.05, 4.69) is 11.6 Å². The van der Waals surface area contributed by atoms with E-state index >= 15 is 0 Å². The average molecular weight is 163 g/mol. The smallest absolute Gasteiger partial charge is 0.0962 e. The maximum atomic E-state index is 9.54. The summed E-state index contributed by atoms with van der Waals surface area (Å²) in [4.78, 5) is 4.05. The molecule has 0 saturated heterocycles. The maximum absolute atomic E-state index is 9.54. The Kier molecular flexibility index (Phi) is 3.48. The Labute approximate surface area is 72.6 Å². The van der Waals surface area contributed by atoms with E-state index in [4.69, 9.17) is 0 Å². The summed E-state index contributed by atoms with van der Waals surface area (Å²) in [5.41, 5.74) is 0.736. The monoisotopic (exact) mass is 163 g/mol. The molecule has 0 aliphatic rings. The fourth-order valence-electron chi connectivity index (χ4n) is 0.997. The molecule has 0 radical (unpaired) electrons. The zero-order valence-corrected chi connectivity index (χ0v) is 6.98. The molecule has 2 nitrogen and oxygen atoms in total. The van der Waals surface area contributed by atoms with E-state index in [0.29, 0.717) is 6.42 Å². The summed E-state index contributed by atoms with van der Waals surface area (Å²) in [5.74, 6) is 0. The second-order valence-electron chi connectivity index (χ2n) is 2.64. The molecule has 1 heterocycles. The van der Waals surface area contributed by atoms with Crippen molar-refractivity contribution in [1.82, 2.24) is 4.98 Å². The number of allylic oxidation sites excluding steroid dienone is 1. The molecule has 1 aromatic heterocycles. The minimum atomic E-state index is -0.454. The second kappa shape index (κ2) is 4.67. The highest BCUT2D eigenvalue weighted by Gasteiger charge is 2.05. The molecule has 0 fully saturated rings. The molecule has 1 atom stereocenters. The predicted octanol–water partition coefficient (Wildman–Crippen LogP) is 2.08. The highest BCUT2D eigenvalue weighted by atomic mass is 16.3. The van der Waals surface area contributed by atoms with Gasteiger partial charge in [-0.3, -0.25) is 4.98 Å². The van der Waals surface area contributed by atoms with E-state index in [-0.39, 0.29) is 0 Å². The standard InChI is InChI=1S/C10H13NO/c1-2-3-7-10(12)9-6-4-5-8-11-9/h2,4-6,8,10,12H,1,3,7H2/t10-/m1/s1. The molecule has 0 aliphatic carbocycles. The Balaban J connectivity index is 2.53. The van der Waals surface area contributed by atoms with Gasteiger partial charge in [0.1, 0.15) is 0 Å². The summed E-state index contributed by atoms with van der Waals surface area (Å²) < 4.78 is 0. The third-order valence-electron chi connectivity index (χ3n) is 1.67. The first-order valence-electron chi connectivity index (χ1n) is 4.04. The van der Waals surface area contributed by atoms with Crippen LogP contribution in [-0.2, 0) is 0 Å². The Morgan fingerprint density at radius 1 is 1.58 bits per heavy atom. The van der Waals surface area contributed by atoms with Gasteiger partial charge in [-0.25, -0.2) is 0 Å². The lowest BCUT2D eigenvalue weighted by Gasteiger charge is -2.06. The van der Waals surface area contributed by atoms with E-state index in [1.807, 2.05) is 18.2 Å². The van der Waals surface area contributed by atoms with Crippen molar-refractivity contribution in [2.24, 2.45) is 0 Å². The van der Waals surface area contributed by atoms with E-state index in [0.717, 1.165) is 12.1 Å². The Bertz CT molecular complexity index is 233. The van der Waals surface area contributed by atoms with Crippen LogP contribution in [0.4, 0.5) is 0 Å². The first kappa shape index (κ1) is 8.94. The van der Waals surface area contributed by atoms with Gasteiger partial charge in [-0.2, -0.15) is 0 Å². The first-order valence-corrected chi connectivity index (χ1v) is 4.04. The van der Waals surface area contributed by atoms with Crippen LogP contribution < -0.4 is 0 Å². The van der Waals surface area contributed by atoms with Gasteiger partial charge in [0.15, 0.2) is 0 Å². The first-order chi connectivity index (χ1) is 5.84. The van der Waals surface area contributed by atoms with Crippen molar-refractivity contribution in [3.05, 3.63) is 42.7 Å². The third kappa shape index (κ3) is 2.47. The van der Waals surface area contributed by atoms with Crippen LogP contribution in [0.25, 0.3) is 0 Å². The van der Waals surface area contributed by atoms with Crippen LogP contribution in [0.3, 0.4) is 0 Å². The molecule has 0 unspecified atom stereocenters. The Morgan fingerprint density at radius 3 is 3.00 bits per heavy atom. The van der Waals surface area contributed by atoms with E-state index < -0.39 is 6.10 Å². The molecule has 0 aromatic carbocycles. The number of aromatic nitrogens is 1. The van der Waals surface area contributed by atoms with Crippen LogP contribution in [0, 0.1) is 0 Å². The Hall–Kier alpha value is -1.15. The molecule has 2 heteroatoms. The van der Waals surface area contributed by atoms with Crippen LogP contribution >= 0.6 is 0 Å². The minimum absolute atomic E-state index is 0.454. The lowest BCUT2D eigenvalue weighted by atomic mass is 10.1. The number of hydrogen-bond acceptors (Lipinski definition) is 2. The van der Waals surface area contributed by atoms with Gasteiger partial charge in [0.25, 0.3) is 0 Å². The molecule has 0 aliphatic heterocycles. The highest BCUT2D eigenvalue weighted by Crippen LogP contribution is 2.14. The molecule has 64 valence electrons. The van der Waals surface area contributed by atoms with Crippen LogP contribution in [-0.4, -0.2) is 10.1 Å². The molecule has 12 heavy (non-hydrogen) atoms. The van der Waals surface area contributed by atoms with Crippen molar-refractivity contribution in [3.8, 4) is 0 Å². The van der Waals surface area contributed by atoms with Gasteiger partial charge in [-0.05, 0) is 25.0 Å². The summed E-state index contributed by atoms with van der Waals surface area (Å²) in [7, 11) is 0. The van der Waals surface area contributed by atoms with Crippen molar-refractivity contribution in [2.75, 3.05) is 0 Å². The molecule has 1 aromatic rings.